The topological polar surface area (TPSA) is 55.8 Å². The maximum atomic E-state index is 10.7. The average molecular weight is 261 g/mol. The van der Waals surface area contributed by atoms with E-state index in [1.807, 2.05) is 0 Å². The molecular weight excluding hydrogens is 252 g/mol. The number of carbonyl (C=O) groups is 1. The highest BCUT2D eigenvalue weighted by Crippen LogP contribution is 2.43. The second-order valence-corrected chi connectivity index (χ2v) is 3.27. The number of phenols is 1. The Labute approximate surface area is 89.6 Å². The Morgan fingerprint density at radius 3 is 2.50 bits per heavy atom. The molecule has 1 aromatic carbocycles. The first kappa shape index (κ1) is 10.8. The number of benzene rings is 1. The third kappa shape index (κ3) is 1.68. The first-order chi connectivity index (χ1) is 6.65. The van der Waals surface area contributed by atoms with Crippen molar-refractivity contribution in [3.8, 4) is 17.2 Å². The molecule has 4 nitrogen and oxygen atoms in total. The number of rotatable bonds is 3. The Balaban J connectivity index is 3.46. The first-order valence-electron chi connectivity index (χ1n) is 3.74. The van der Waals surface area contributed by atoms with Crippen LogP contribution in [0.1, 0.15) is 10.4 Å². The van der Waals surface area contributed by atoms with Crippen molar-refractivity contribution < 1.29 is 19.4 Å². The van der Waals surface area contributed by atoms with E-state index in [2.05, 4.69) is 15.9 Å². The fraction of sp³-hybridized carbons (Fsp3) is 0.222. The van der Waals surface area contributed by atoms with E-state index in [-0.39, 0.29) is 17.2 Å². The van der Waals surface area contributed by atoms with Crippen LogP contribution in [0.4, 0.5) is 0 Å². The molecule has 0 bridgehead atoms. The predicted molar refractivity (Wildman–Crippen MR) is 54.3 cm³/mol. The maximum Gasteiger partial charge on any atom is 0.201 e. The van der Waals surface area contributed by atoms with E-state index in [1.165, 1.54) is 20.3 Å². The lowest BCUT2D eigenvalue weighted by Crippen LogP contribution is -1.94. The van der Waals surface area contributed by atoms with Gasteiger partial charge >= 0.3 is 0 Å². The number of ether oxygens (including phenoxy) is 2. The van der Waals surface area contributed by atoms with Gasteiger partial charge in [-0.15, -0.1) is 0 Å². The Kier molecular flexibility index (Phi) is 3.35. The van der Waals surface area contributed by atoms with Gasteiger partial charge in [-0.05, 0) is 22.0 Å². The van der Waals surface area contributed by atoms with E-state index in [0.29, 0.717) is 16.3 Å². The molecule has 1 aromatic rings. The molecular formula is C9H9BrO4. The summed E-state index contributed by atoms with van der Waals surface area (Å²) in [4.78, 5) is 10.7. The third-order valence-electron chi connectivity index (χ3n) is 1.74. The number of methoxy groups -OCH3 is 2. The van der Waals surface area contributed by atoms with Crippen molar-refractivity contribution in [2.75, 3.05) is 14.2 Å². The van der Waals surface area contributed by atoms with Gasteiger partial charge in [-0.1, -0.05) is 0 Å². The molecule has 0 radical (unpaired) electrons. The molecule has 76 valence electrons. The molecule has 0 aromatic heterocycles. The summed E-state index contributed by atoms with van der Waals surface area (Å²) in [5.41, 5.74) is 0.358. The molecule has 0 aliphatic heterocycles. The fourth-order valence-corrected chi connectivity index (χ4v) is 1.61. The molecule has 0 fully saturated rings. The van der Waals surface area contributed by atoms with Gasteiger partial charge in [0.15, 0.2) is 17.8 Å². The van der Waals surface area contributed by atoms with Crippen molar-refractivity contribution in [3.63, 3.8) is 0 Å². The SMILES string of the molecule is COc1cc(C=O)c(Br)c(OC)c1O. The number of hydrogen-bond donors (Lipinski definition) is 1. The lowest BCUT2D eigenvalue weighted by molar-refractivity contribution is 0.112. The van der Waals surface area contributed by atoms with Crippen molar-refractivity contribution in [2.45, 2.75) is 0 Å². The second kappa shape index (κ2) is 4.32. The smallest absolute Gasteiger partial charge is 0.201 e. The van der Waals surface area contributed by atoms with Crippen molar-refractivity contribution in [2.24, 2.45) is 0 Å². The highest BCUT2D eigenvalue weighted by Gasteiger charge is 2.16. The molecule has 0 spiro atoms. The summed E-state index contributed by atoms with van der Waals surface area (Å²) in [5, 5.41) is 9.59. The van der Waals surface area contributed by atoms with Gasteiger partial charge in [0.1, 0.15) is 0 Å². The van der Waals surface area contributed by atoms with Gasteiger partial charge < -0.3 is 14.6 Å². The summed E-state index contributed by atoms with van der Waals surface area (Å²) >= 11 is 3.14. The molecule has 0 atom stereocenters. The summed E-state index contributed by atoms with van der Waals surface area (Å²) in [6, 6.07) is 1.43. The highest BCUT2D eigenvalue weighted by molar-refractivity contribution is 9.10. The van der Waals surface area contributed by atoms with Crippen LogP contribution in [0.2, 0.25) is 0 Å². The molecule has 0 unspecified atom stereocenters. The van der Waals surface area contributed by atoms with Gasteiger partial charge in [-0.2, -0.15) is 0 Å². The minimum atomic E-state index is -0.132. The van der Waals surface area contributed by atoms with Crippen LogP contribution in [0.25, 0.3) is 0 Å². The minimum absolute atomic E-state index is 0.132. The van der Waals surface area contributed by atoms with Crippen LogP contribution < -0.4 is 9.47 Å². The molecule has 14 heavy (non-hydrogen) atoms. The van der Waals surface area contributed by atoms with Gasteiger partial charge in [-0.25, -0.2) is 0 Å². The summed E-state index contributed by atoms with van der Waals surface area (Å²) < 4.78 is 10.2. The molecule has 0 saturated carbocycles. The Hall–Kier alpha value is -1.23. The molecule has 1 rings (SSSR count). The molecule has 0 heterocycles. The van der Waals surface area contributed by atoms with E-state index in [4.69, 9.17) is 9.47 Å². The van der Waals surface area contributed by atoms with Crippen LogP contribution in [0.15, 0.2) is 10.5 Å². The number of phenolic OH excluding ortho intramolecular Hbond substituents is 1. The number of hydrogen-bond acceptors (Lipinski definition) is 4. The van der Waals surface area contributed by atoms with Crippen molar-refractivity contribution in [1.29, 1.82) is 0 Å². The quantitative estimate of drug-likeness (QED) is 0.845. The zero-order valence-electron chi connectivity index (χ0n) is 7.70. The van der Waals surface area contributed by atoms with E-state index in [1.54, 1.807) is 0 Å². The van der Waals surface area contributed by atoms with Gasteiger partial charge in [-0.3, -0.25) is 4.79 Å². The fourth-order valence-electron chi connectivity index (χ4n) is 1.05. The van der Waals surface area contributed by atoms with Crippen LogP contribution in [-0.2, 0) is 0 Å². The summed E-state index contributed by atoms with van der Waals surface area (Å²) in [6.45, 7) is 0. The lowest BCUT2D eigenvalue weighted by atomic mass is 10.2. The van der Waals surface area contributed by atoms with E-state index in [0.717, 1.165) is 0 Å². The lowest BCUT2D eigenvalue weighted by Gasteiger charge is -2.11. The van der Waals surface area contributed by atoms with Crippen LogP contribution in [0.5, 0.6) is 17.2 Å². The monoisotopic (exact) mass is 260 g/mol. The van der Waals surface area contributed by atoms with Gasteiger partial charge in [0.05, 0.1) is 18.7 Å². The summed E-state index contributed by atoms with van der Waals surface area (Å²) in [6.07, 6.45) is 0.647. The normalized spacial score (nSPS) is 9.64. The van der Waals surface area contributed by atoms with Gasteiger partial charge in [0.25, 0.3) is 0 Å². The van der Waals surface area contributed by atoms with Gasteiger partial charge in [0, 0.05) is 5.56 Å². The van der Waals surface area contributed by atoms with Crippen LogP contribution in [0.3, 0.4) is 0 Å². The van der Waals surface area contributed by atoms with Crippen LogP contribution in [0, 0.1) is 0 Å². The Morgan fingerprint density at radius 2 is 2.07 bits per heavy atom. The minimum Gasteiger partial charge on any atom is -0.502 e. The molecule has 0 amide bonds. The predicted octanol–water partition coefficient (Wildman–Crippen LogP) is 1.98. The number of carbonyl (C=O) groups excluding carboxylic acids is 1. The third-order valence-corrected chi connectivity index (χ3v) is 2.56. The standard InChI is InChI=1S/C9H9BrO4/c1-13-6-3-5(4-11)7(10)9(14-2)8(6)12/h3-4,12H,1-2H3. The number of halogens is 1. The highest BCUT2D eigenvalue weighted by atomic mass is 79.9. The van der Waals surface area contributed by atoms with Crippen molar-refractivity contribution in [1.82, 2.24) is 0 Å². The van der Waals surface area contributed by atoms with Crippen molar-refractivity contribution >= 4 is 22.2 Å². The number of aldehydes is 1. The van der Waals surface area contributed by atoms with Crippen molar-refractivity contribution in [3.05, 3.63) is 16.1 Å². The average Bonchev–Trinajstić information content (AvgIpc) is 2.19. The van der Waals surface area contributed by atoms with Gasteiger partial charge in [0.2, 0.25) is 5.75 Å². The van der Waals surface area contributed by atoms with E-state index < -0.39 is 0 Å². The summed E-state index contributed by atoms with van der Waals surface area (Å²) in [5.74, 6) is 0.256. The Morgan fingerprint density at radius 1 is 1.43 bits per heavy atom. The molecule has 1 N–H and O–H groups in total. The van der Waals surface area contributed by atoms with Crippen LogP contribution >= 0.6 is 15.9 Å². The molecule has 0 aliphatic carbocycles. The van der Waals surface area contributed by atoms with Crippen LogP contribution in [-0.4, -0.2) is 25.6 Å². The van der Waals surface area contributed by atoms with E-state index in [9.17, 15) is 9.90 Å². The zero-order valence-corrected chi connectivity index (χ0v) is 9.29. The largest absolute Gasteiger partial charge is 0.502 e. The molecule has 5 heteroatoms. The Bertz CT molecular complexity index is 362. The number of aromatic hydroxyl groups is 1. The second-order valence-electron chi connectivity index (χ2n) is 2.48. The maximum absolute atomic E-state index is 10.7. The molecule has 0 aliphatic rings. The molecule has 0 saturated heterocycles. The summed E-state index contributed by atoms with van der Waals surface area (Å²) in [7, 11) is 2.80. The zero-order chi connectivity index (χ0) is 10.7. The van der Waals surface area contributed by atoms with E-state index >= 15 is 0 Å². The first-order valence-corrected chi connectivity index (χ1v) is 4.53.